The van der Waals surface area contributed by atoms with Gasteiger partial charge in [0, 0.05) is 27.8 Å². The molecule has 7 rings (SSSR count). The monoisotopic (exact) mass is 531 g/mol. The molecule has 0 spiro atoms. The van der Waals surface area contributed by atoms with Gasteiger partial charge in [0.2, 0.25) is 0 Å². The summed E-state index contributed by atoms with van der Waals surface area (Å²) in [7, 11) is -1.51. The van der Waals surface area contributed by atoms with Gasteiger partial charge in [-0.25, -0.2) is 0 Å². The number of anilines is 3. The number of para-hydroxylation sites is 1. The van der Waals surface area contributed by atoms with Crippen molar-refractivity contribution in [2.75, 3.05) is 4.90 Å². The highest BCUT2D eigenvalue weighted by molar-refractivity contribution is 6.58. The smallest absolute Gasteiger partial charge is 0.456 e. The maximum Gasteiger partial charge on any atom is 0.488 e. The van der Waals surface area contributed by atoms with E-state index in [9.17, 15) is 10.0 Å². The standard InChI is InChI=1S/C36H26BNO3/c39-37(40)29-15-21-32(22-16-29)38(30-17-10-26(11-18-30)25-6-2-1-3-7-25)31-19-12-27(13-20-31)28-14-23-36-34(24-28)33-8-4-5-9-35(33)41-36/h1-24,39-40H. The molecule has 196 valence electrons. The van der Waals surface area contributed by atoms with E-state index in [4.69, 9.17) is 4.42 Å². The maximum atomic E-state index is 9.61. The zero-order valence-corrected chi connectivity index (χ0v) is 22.2. The molecule has 0 unspecified atom stereocenters. The Balaban J connectivity index is 1.27. The van der Waals surface area contributed by atoms with Crippen molar-refractivity contribution in [2.24, 2.45) is 0 Å². The van der Waals surface area contributed by atoms with Crippen molar-refractivity contribution in [3.63, 3.8) is 0 Å². The van der Waals surface area contributed by atoms with Crippen molar-refractivity contribution in [1.29, 1.82) is 0 Å². The molecule has 0 amide bonds. The Bertz CT molecular complexity index is 1950. The van der Waals surface area contributed by atoms with Gasteiger partial charge in [0.05, 0.1) is 0 Å². The molecule has 7 aromatic rings. The number of benzene rings is 6. The van der Waals surface area contributed by atoms with E-state index in [1.165, 1.54) is 5.56 Å². The van der Waals surface area contributed by atoms with Gasteiger partial charge in [-0.1, -0.05) is 91.0 Å². The Hall–Kier alpha value is -5.10. The van der Waals surface area contributed by atoms with Gasteiger partial charge in [0.25, 0.3) is 0 Å². The van der Waals surface area contributed by atoms with Crippen molar-refractivity contribution >= 4 is 51.6 Å². The van der Waals surface area contributed by atoms with Crippen LogP contribution in [0.15, 0.2) is 150 Å². The molecule has 0 aliphatic rings. The minimum Gasteiger partial charge on any atom is -0.456 e. The summed E-state index contributed by atoms with van der Waals surface area (Å²) < 4.78 is 6.01. The van der Waals surface area contributed by atoms with Gasteiger partial charge < -0.3 is 19.4 Å². The van der Waals surface area contributed by atoms with Crippen molar-refractivity contribution < 1.29 is 14.5 Å². The second-order valence-corrected chi connectivity index (χ2v) is 10.1. The first kappa shape index (κ1) is 24.9. The fourth-order valence-electron chi connectivity index (χ4n) is 5.38. The van der Waals surface area contributed by atoms with E-state index in [-0.39, 0.29) is 0 Å². The SMILES string of the molecule is OB(O)c1ccc(N(c2ccc(-c3ccccc3)cc2)c2ccc(-c3ccc4oc5ccccc5c4c3)cc2)cc1. The zero-order valence-electron chi connectivity index (χ0n) is 22.2. The fraction of sp³-hybridized carbons (Fsp3) is 0. The molecule has 41 heavy (non-hydrogen) atoms. The summed E-state index contributed by atoms with van der Waals surface area (Å²) >= 11 is 0. The molecule has 0 bridgehead atoms. The third kappa shape index (κ3) is 4.78. The Morgan fingerprint density at radius 3 is 1.56 bits per heavy atom. The lowest BCUT2D eigenvalue weighted by Gasteiger charge is -2.26. The molecule has 5 heteroatoms. The lowest BCUT2D eigenvalue weighted by Crippen LogP contribution is -2.29. The van der Waals surface area contributed by atoms with Gasteiger partial charge in [-0.2, -0.15) is 0 Å². The minimum atomic E-state index is -1.51. The molecule has 0 aliphatic heterocycles. The fourth-order valence-corrected chi connectivity index (χ4v) is 5.38. The number of nitrogens with zero attached hydrogens (tertiary/aromatic N) is 1. The van der Waals surface area contributed by atoms with E-state index in [0.717, 1.165) is 55.7 Å². The minimum absolute atomic E-state index is 0.450. The van der Waals surface area contributed by atoms with Crippen LogP contribution < -0.4 is 10.4 Å². The van der Waals surface area contributed by atoms with Crippen molar-refractivity contribution in [1.82, 2.24) is 0 Å². The third-order valence-electron chi connectivity index (χ3n) is 7.52. The van der Waals surface area contributed by atoms with Gasteiger partial charge >= 0.3 is 7.12 Å². The number of fused-ring (bicyclic) bond motifs is 3. The summed E-state index contributed by atoms with van der Waals surface area (Å²) in [6, 6.07) is 49.0. The average Bonchev–Trinajstić information content (AvgIpc) is 3.41. The quantitative estimate of drug-likeness (QED) is 0.213. The van der Waals surface area contributed by atoms with Gasteiger partial charge in [0.1, 0.15) is 11.2 Å². The van der Waals surface area contributed by atoms with Crippen molar-refractivity contribution in [3.05, 3.63) is 146 Å². The predicted octanol–water partition coefficient (Wildman–Crippen LogP) is 8.07. The summed E-state index contributed by atoms with van der Waals surface area (Å²) in [4.78, 5) is 2.17. The molecule has 0 saturated heterocycles. The van der Waals surface area contributed by atoms with Crippen LogP contribution in [-0.4, -0.2) is 17.2 Å². The number of hydrogen-bond donors (Lipinski definition) is 2. The van der Waals surface area contributed by atoms with E-state index in [0.29, 0.717) is 5.46 Å². The van der Waals surface area contributed by atoms with Crippen LogP contribution in [0.5, 0.6) is 0 Å². The Morgan fingerprint density at radius 1 is 0.439 bits per heavy atom. The second-order valence-electron chi connectivity index (χ2n) is 10.1. The van der Waals surface area contributed by atoms with Crippen LogP contribution in [0.2, 0.25) is 0 Å². The molecule has 0 saturated carbocycles. The van der Waals surface area contributed by atoms with Crippen LogP contribution in [0.25, 0.3) is 44.2 Å². The third-order valence-corrected chi connectivity index (χ3v) is 7.52. The summed E-state index contributed by atoms with van der Waals surface area (Å²) in [6.07, 6.45) is 0. The molecule has 1 aromatic heterocycles. The largest absolute Gasteiger partial charge is 0.488 e. The highest BCUT2D eigenvalue weighted by Gasteiger charge is 2.16. The van der Waals surface area contributed by atoms with E-state index < -0.39 is 7.12 Å². The summed E-state index contributed by atoms with van der Waals surface area (Å²) in [6.45, 7) is 0. The normalized spacial score (nSPS) is 11.2. The molecule has 0 fully saturated rings. The molecule has 1 heterocycles. The topological polar surface area (TPSA) is 56.8 Å². The van der Waals surface area contributed by atoms with Crippen LogP contribution in [0, 0.1) is 0 Å². The highest BCUT2D eigenvalue weighted by Crippen LogP contribution is 2.37. The Kier molecular flexibility index (Phi) is 6.36. The Labute approximate surface area is 238 Å². The van der Waals surface area contributed by atoms with Gasteiger partial charge in [-0.3, -0.25) is 0 Å². The van der Waals surface area contributed by atoms with E-state index in [1.807, 2.05) is 54.6 Å². The van der Waals surface area contributed by atoms with Gasteiger partial charge in [-0.05, 0) is 82.3 Å². The summed E-state index contributed by atoms with van der Waals surface area (Å²) in [5.74, 6) is 0. The second kappa shape index (κ2) is 10.5. The average molecular weight is 531 g/mol. The first-order chi connectivity index (χ1) is 20.1. The van der Waals surface area contributed by atoms with E-state index in [1.54, 1.807) is 12.1 Å². The molecule has 0 radical (unpaired) electrons. The van der Waals surface area contributed by atoms with Gasteiger partial charge in [0.15, 0.2) is 0 Å². The number of rotatable bonds is 6. The lowest BCUT2D eigenvalue weighted by molar-refractivity contribution is 0.426. The van der Waals surface area contributed by atoms with E-state index >= 15 is 0 Å². The van der Waals surface area contributed by atoms with Crippen molar-refractivity contribution in [2.45, 2.75) is 0 Å². The number of furan rings is 1. The molecule has 0 aliphatic carbocycles. The van der Waals surface area contributed by atoms with Gasteiger partial charge in [-0.15, -0.1) is 0 Å². The predicted molar refractivity (Wildman–Crippen MR) is 169 cm³/mol. The molecule has 2 N–H and O–H groups in total. The molecular formula is C36H26BNO3. The molecule has 4 nitrogen and oxygen atoms in total. The van der Waals surface area contributed by atoms with E-state index in [2.05, 4.69) is 83.8 Å². The maximum absolute atomic E-state index is 9.61. The van der Waals surface area contributed by atoms with Crippen LogP contribution in [0.3, 0.4) is 0 Å². The summed E-state index contributed by atoms with van der Waals surface area (Å²) in [5.41, 5.74) is 9.68. The number of hydrogen-bond acceptors (Lipinski definition) is 4. The lowest BCUT2D eigenvalue weighted by atomic mass is 9.80. The van der Waals surface area contributed by atoms with Crippen LogP contribution in [0.4, 0.5) is 17.1 Å². The van der Waals surface area contributed by atoms with Crippen molar-refractivity contribution in [3.8, 4) is 22.3 Å². The highest BCUT2D eigenvalue weighted by atomic mass is 16.4. The summed E-state index contributed by atoms with van der Waals surface area (Å²) in [5, 5.41) is 21.4. The first-order valence-electron chi connectivity index (χ1n) is 13.6. The molecule has 0 atom stereocenters. The molecular weight excluding hydrogens is 505 g/mol. The molecule has 6 aromatic carbocycles. The zero-order chi connectivity index (χ0) is 27.8. The first-order valence-corrected chi connectivity index (χ1v) is 13.6. The van der Waals surface area contributed by atoms with Crippen LogP contribution in [0.1, 0.15) is 0 Å². The van der Waals surface area contributed by atoms with Crippen LogP contribution >= 0.6 is 0 Å². The Morgan fingerprint density at radius 2 is 0.927 bits per heavy atom. The van der Waals surface area contributed by atoms with Crippen LogP contribution in [-0.2, 0) is 0 Å².